The monoisotopic (exact) mass is 437 g/mol. The Bertz CT molecular complexity index is 1110. The van der Waals surface area contributed by atoms with Crippen LogP contribution in [0.2, 0.25) is 0 Å². The molecule has 1 aromatic heterocycles. The second-order valence-corrected chi connectivity index (χ2v) is 6.28. The van der Waals surface area contributed by atoms with Crippen LogP contribution in [-0.2, 0) is 27.0 Å². The first-order valence-corrected chi connectivity index (χ1v) is 8.93. The molecule has 2 aromatic carbocycles. The lowest BCUT2D eigenvalue weighted by Crippen LogP contribution is -2.25. The molecule has 0 aliphatic rings. The van der Waals surface area contributed by atoms with E-state index >= 15 is 0 Å². The maximum Gasteiger partial charge on any atom is 0.449 e. The molecule has 3 aromatic rings. The number of fused-ring (bicyclic) bond motifs is 1. The summed E-state index contributed by atoms with van der Waals surface area (Å²) in [6, 6.07) is 10.6. The molecule has 8 nitrogen and oxygen atoms in total. The van der Waals surface area contributed by atoms with E-state index < -0.39 is 37.0 Å². The number of benzene rings is 2. The van der Waals surface area contributed by atoms with Crippen LogP contribution in [0.3, 0.4) is 0 Å². The van der Waals surface area contributed by atoms with Crippen molar-refractivity contribution in [2.75, 3.05) is 26.1 Å². The predicted octanol–water partition coefficient (Wildman–Crippen LogP) is 3.25. The fourth-order valence-electron chi connectivity index (χ4n) is 2.87. The number of amides is 1. The van der Waals surface area contributed by atoms with Crippen molar-refractivity contribution in [2.45, 2.75) is 12.7 Å². The first-order chi connectivity index (χ1) is 14.7. The summed E-state index contributed by atoms with van der Waals surface area (Å²) < 4.78 is 55.7. The van der Waals surface area contributed by atoms with Gasteiger partial charge in [0.05, 0.1) is 30.9 Å². The molecule has 0 saturated carbocycles. The molecular weight excluding hydrogens is 419 g/mol. The molecule has 0 saturated heterocycles. The van der Waals surface area contributed by atoms with Crippen LogP contribution in [0.5, 0.6) is 11.5 Å². The molecule has 1 heterocycles. The molecule has 0 radical (unpaired) electrons. The highest BCUT2D eigenvalue weighted by Crippen LogP contribution is 2.31. The third-order valence-corrected chi connectivity index (χ3v) is 4.24. The summed E-state index contributed by atoms with van der Waals surface area (Å²) in [6.45, 7) is -1.46. The highest BCUT2D eigenvalue weighted by Gasteiger charge is 2.38. The number of imidazole rings is 1. The first kappa shape index (κ1) is 21.9. The molecular formula is C20H18F3N3O5. The Morgan fingerprint density at radius 1 is 1.10 bits per heavy atom. The molecule has 1 N–H and O–H groups in total. The van der Waals surface area contributed by atoms with Gasteiger partial charge >= 0.3 is 12.1 Å². The molecule has 3 rings (SSSR count). The molecule has 1 amide bonds. The summed E-state index contributed by atoms with van der Waals surface area (Å²) in [7, 11) is 2.86. The Balaban J connectivity index is 1.68. The van der Waals surface area contributed by atoms with Gasteiger partial charge in [0, 0.05) is 6.07 Å². The first-order valence-electron chi connectivity index (χ1n) is 8.93. The number of carbonyl (C=O) groups excluding carboxylic acids is 2. The van der Waals surface area contributed by atoms with Crippen LogP contribution in [0.25, 0.3) is 11.0 Å². The van der Waals surface area contributed by atoms with Crippen LogP contribution in [-0.4, -0.2) is 42.3 Å². The number of rotatable bonds is 7. The lowest BCUT2D eigenvalue weighted by molar-refractivity contribution is -0.152. The number of ether oxygens (including phenoxy) is 3. The van der Waals surface area contributed by atoms with E-state index in [9.17, 15) is 22.8 Å². The molecule has 31 heavy (non-hydrogen) atoms. The number of nitrogens with one attached hydrogen (secondary N) is 1. The molecule has 0 aliphatic carbocycles. The third-order valence-electron chi connectivity index (χ3n) is 4.24. The summed E-state index contributed by atoms with van der Waals surface area (Å²) in [5.74, 6) is -2.15. The van der Waals surface area contributed by atoms with Gasteiger partial charge in [0.15, 0.2) is 6.61 Å². The fourth-order valence-corrected chi connectivity index (χ4v) is 2.87. The van der Waals surface area contributed by atoms with E-state index in [1.165, 1.54) is 44.6 Å². The summed E-state index contributed by atoms with van der Waals surface area (Å²) in [5, 5.41) is 2.50. The maximum absolute atomic E-state index is 13.3. The zero-order chi connectivity index (χ0) is 22.6. The van der Waals surface area contributed by atoms with Crippen LogP contribution in [0.1, 0.15) is 5.82 Å². The van der Waals surface area contributed by atoms with Gasteiger partial charge in [-0.1, -0.05) is 12.1 Å². The van der Waals surface area contributed by atoms with E-state index in [1.807, 2.05) is 0 Å². The standard InChI is InChI=1S/C20H18F3N3O5/c1-29-12-7-8-16(30-2)14(9-12)24-17(27)11-31-18(28)10-26-15-6-4-3-5-13(15)25-19(26)20(21,22)23/h3-9H,10-11H2,1-2H3,(H,24,27). The number of carbonyl (C=O) groups is 2. The van der Waals surface area contributed by atoms with E-state index in [0.717, 1.165) is 0 Å². The lowest BCUT2D eigenvalue weighted by atomic mass is 10.2. The topological polar surface area (TPSA) is 91.7 Å². The Labute approximate surface area is 174 Å². The van der Waals surface area contributed by atoms with Crippen molar-refractivity contribution in [2.24, 2.45) is 0 Å². The highest BCUT2D eigenvalue weighted by atomic mass is 19.4. The number of nitrogens with zero attached hydrogens (tertiary/aromatic N) is 2. The van der Waals surface area contributed by atoms with Gasteiger partial charge in [-0.15, -0.1) is 0 Å². The normalized spacial score (nSPS) is 11.3. The van der Waals surface area contributed by atoms with Gasteiger partial charge in [0.2, 0.25) is 5.82 Å². The Morgan fingerprint density at radius 3 is 2.52 bits per heavy atom. The molecule has 0 fully saturated rings. The van der Waals surface area contributed by atoms with Crippen LogP contribution < -0.4 is 14.8 Å². The minimum absolute atomic E-state index is 0.0884. The van der Waals surface area contributed by atoms with Crippen LogP contribution >= 0.6 is 0 Å². The minimum atomic E-state index is -4.76. The van der Waals surface area contributed by atoms with E-state index in [1.54, 1.807) is 12.1 Å². The number of hydrogen-bond acceptors (Lipinski definition) is 6. The van der Waals surface area contributed by atoms with Gasteiger partial charge in [0.25, 0.3) is 5.91 Å². The van der Waals surface area contributed by atoms with E-state index in [0.29, 0.717) is 16.1 Å². The Kier molecular flexibility index (Phi) is 6.33. The van der Waals surface area contributed by atoms with Gasteiger partial charge in [-0.2, -0.15) is 13.2 Å². The maximum atomic E-state index is 13.3. The average Bonchev–Trinajstić information content (AvgIpc) is 3.11. The predicted molar refractivity (Wildman–Crippen MR) is 104 cm³/mol. The van der Waals surface area contributed by atoms with Crippen molar-refractivity contribution in [3.05, 3.63) is 48.3 Å². The molecule has 0 bridgehead atoms. The van der Waals surface area contributed by atoms with Crippen molar-refractivity contribution in [3.8, 4) is 11.5 Å². The van der Waals surface area contributed by atoms with Crippen LogP contribution in [0, 0.1) is 0 Å². The number of hydrogen-bond donors (Lipinski definition) is 1. The van der Waals surface area contributed by atoms with E-state index in [2.05, 4.69) is 10.3 Å². The highest BCUT2D eigenvalue weighted by molar-refractivity contribution is 5.94. The van der Waals surface area contributed by atoms with Gasteiger partial charge in [-0.25, -0.2) is 4.98 Å². The van der Waals surface area contributed by atoms with Crippen LogP contribution in [0.4, 0.5) is 18.9 Å². The van der Waals surface area contributed by atoms with Gasteiger partial charge in [-0.3, -0.25) is 9.59 Å². The lowest BCUT2D eigenvalue weighted by Gasteiger charge is -2.13. The summed E-state index contributed by atoms with van der Waals surface area (Å²) in [5.41, 5.74) is 0.491. The number of para-hydroxylation sites is 2. The quantitative estimate of drug-likeness (QED) is 0.571. The number of methoxy groups -OCH3 is 2. The van der Waals surface area contributed by atoms with Gasteiger partial charge in [-0.05, 0) is 24.3 Å². The summed E-state index contributed by atoms with van der Waals surface area (Å²) in [6.07, 6.45) is -4.76. The number of aromatic nitrogens is 2. The Hall–Kier alpha value is -3.76. The molecule has 164 valence electrons. The number of esters is 1. The molecule has 0 unspecified atom stereocenters. The third kappa shape index (κ3) is 5.05. The Morgan fingerprint density at radius 2 is 1.84 bits per heavy atom. The van der Waals surface area contributed by atoms with Gasteiger partial charge < -0.3 is 24.1 Å². The molecule has 0 spiro atoms. The number of anilines is 1. The van der Waals surface area contributed by atoms with E-state index in [-0.39, 0.29) is 16.7 Å². The summed E-state index contributed by atoms with van der Waals surface area (Å²) >= 11 is 0. The largest absolute Gasteiger partial charge is 0.497 e. The molecule has 0 atom stereocenters. The smallest absolute Gasteiger partial charge is 0.449 e. The summed E-state index contributed by atoms with van der Waals surface area (Å²) in [4.78, 5) is 27.8. The minimum Gasteiger partial charge on any atom is -0.497 e. The average molecular weight is 437 g/mol. The second-order valence-electron chi connectivity index (χ2n) is 6.28. The van der Waals surface area contributed by atoms with Gasteiger partial charge in [0.1, 0.15) is 18.0 Å². The van der Waals surface area contributed by atoms with Crippen molar-refractivity contribution in [3.63, 3.8) is 0 Å². The van der Waals surface area contributed by atoms with Crippen molar-refractivity contribution in [1.29, 1.82) is 0 Å². The number of alkyl halides is 3. The zero-order valence-electron chi connectivity index (χ0n) is 16.5. The zero-order valence-corrected chi connectivity index (χ0v) is 16.5. The SMILES string of the molecule is COc1ccc(OC)c(NC(=O)COC(=O)Cn2c(C(F)(F)F)nc3ccccc32)c1. The van der Waals surface area contributed by atoms with E-state index in [4.69, 9.17) is 14.2 Å². The fraction of sp³-hybridized carbons (Fsp3) is 0.250. The van der Waals surface area contributed by atoms with Crippen molar-refractivity contribution >= 4 is 28.6 Å². The van der Waals surface area contributed by atoms with Crippen molar-refractivity contribution < 1.29 is 37.0 Å². The second kappa shape index (κ2) is 8.94. The number of halogens is 3. The molecule has 11 heteroatoms. The molecule has 0 aliphatic heterocycles. The van der Waals surface area contributed by atoms with Crippen molar-refractivity contribution in [1.82, 2.24) is 9.55 Å². The van der Waals surface area contributed by atoms with Crippen LogP contribution in [0.15, 0.2) is 42.5 Å².